The topological polar surface area (TPSA) is 26.8 Å². The van der Waals surface area contributed by atoms with Crippen molar-refractivity contribution in [3.63, 3.8) is 0 Å². The van der Waals surface area contributed by atoms with Gasteiger partial charge in [0.25, 0.3) is 0 Å². The molecule has 0 aromatic heterocycles. The molecular weight excluding hydrogens is 166 g/mol. The van der Waals surface area contributed by atoms with Crippen molar-refractivity contribution < 1.29 is 4.79 Å². The molecule has 1 aliphatic rings. The van der Waals surface area contributed by atoms with E-state index in [-0.39, 0.29) is 6.03 Å². The van der Waals surface area contributed by atoms with Crippen LogP contribution in [0.25, 0.3) is 0 Å². The molecule has 13 heavy (non-hydrogen) atoms. The zero-order valence-electron chi connectivity index (χ0n) is 8.95. The summed E-state index contributed by atoms with van der Waals surface area (Å²) >= 11 is 0. The summed E-state index contributed by atoms with van der Waals surface area (Å²) in [6.45, 7) is 6.55. The van der Waals surface area contributed by atoms with Crippen LogP contribution in [0.3, 0.4) is 0 Å². The molecule has 0 bridgehead atoms. The smallest absolute Gasteiger partial charge is 0.320 e. The Balaban J connectivity index is 2.50. The molecule has 4 heteroatoms. The highest BCUT2D eigenvalue weighted by Crippen LogP contribution is 2.11. The van der Waals surface area contributed by atoms with Crippen molar-refractivity contribution in [2.75, 3.05) is 33.9 Å². The van der Waals surface area contributed by atoms with Crippen LogP contribution in [0.4, 0.5) is 4.79 Å². The predicted octanol–water partition coefficient (Wildman–Crippen LogP) is 0.651. The van der Waals surface area contributed by atoms with Gasteiger partial charge in [0.05, 0.1) is 6.67 Å². The summed E-state index contributed by atoms with van der Waals surface area (Å²) in [5, 5.41) is 0. The van der Waals surface area contributed by atoms with Crippen LogP contribution in [-0.4, -0.2) is 60.6 Å². The highest BCUT2D eigenvalue weighted by Gasteiger charge is 2.29. The SMILES string of the molecule is CC(C)N1CCN(CN(C)C)C1=O. The zero-order chi connectivity index (χ0) is 10.0. The van der Waals surface area contributed by atoms with E-state index in [1.54, 1.807) is 0 Å². The van der Waals surface area contributed by atoms with Crippen molar-refractivity contribution in [1.82, 2.24) is 14.7 Å². The molecule has 0 aliphatic carbocycles. The number of urea groups is 1. The van der Waals surface area contributed by atoms with E-state index in [1.165, 1.54) is 0 Å². The van der Waals surface area contributed by atoms with Gasteiger partial charge in [0.15, 0.2) is 0 Å². The fourth-order valence-corrected chi connectivity index (χ4v) is 1.55. The number of nitrogens with zero attached hydrogens (tertiary/aromatic N) is 3. The summed E-state index contributed by atoms with van der Waals surface area (Å²) in [6.07, 6.45) is 0. The van der Waals surface area contributed by atoms with Gasteiger partial charge in [0.2, 0.25) is 0 Å². The van der Waals surface area contributed by atoms with E-state index in [4.69, 9.17) is 0 Å². The van der Waals surface area contributed by atoms with Gasteiger partial charge in [-0.1, -0.05) is 0 Å². The Kier molecular flexibility index (Phi) is 3.14. The van der Waals surface area contributed by atoms with E-state index in [1.807, 2.05) is 28.8 Å². The summed E-state index contributed by atoms with van der Waals surface area (Å²) in [7, 11) is 3.95. The van der Waals surface area contributed by atoms with E-state index in [2.05, 4.69) is 13.8 Å². The molecule has 0 aromatic carbocycles. The van der Waals surface area contributed by atoms with Gasteiger partial charge in [-0.15, -0.1) is 0 Å². The summed E-state index contributed by atoms with van der Waals surface area (Å²) in [4.78, 5) is 17.5. The van der Waals surface area contributed by atoms with E-state index >= 15 is 0 Å². The van der Waals surface area contributed by atoms with Gasteiger partial charge in [0, 0.05) is 19.1 Å². The third-order valence-corrected chi connectivity index (χ3v) is 2.20. The molecule has 0 aromatic rings. The lowest BCUT2D eigenvalue weighted by molar-refractivity contribution is 0.165. The van der Waals surface area contributed by atoms with Crippen LogP contribution >= 0.6 is 0 Å². The minimum Gasteiger partial charge on any atom is -0.320 e. The first-order valence-electron chi connectivity index (χ1n) is 4.72. The van der Waals surface area contributed by atoms with Crippen LogP contribution in [0.15, 0.2) is 0 Å². The minimum atomic E-state index is 0.170. The molecule has 4 nitrogen and oxygen atoms in total. The Hall–Kier alpha value is -0.770. The predicted molar refractivity (Wildman–Crippen MR) is 52.5 cm³/mol. The fraction of sp³-hybridized carbons (Fsp3) is 0.889. The number of hydrogen-bond acceptors (Lipinski definition) is 2. The second-order valence-corrected chi connectivity index (χ2v) is 4.05. The maximum Gasteiger partial charge on any atom is 0.321 e. The first-order valence-corrected chi connectivity index (χ1v) is 4.72. The third kappa shape index (κ3) is 2.34. The van der Waals surface area contributed by atoms with E-state index in [0.717, 1.165) is 19.8 Å². The second kappa shape index (κ2) is 3.96. The summed E-state index contributed by atoms with van der Waals surface area (Å²) in [5.74, 6) is 0. The fourth-order valence-electron chi connectivity index (χ4n) is 1.55. The molecule has 0 N–H and O–H groups in total. The Labute approximate surface area is 80.1 Å². The van der Waals surface area contributed by atoms with Crippen LogP contribution in [0, 0.1) is 0 Å². The molecule has 1 heterocycles. The highest BCUT2D eigenvalue weighted by molar-refractivity contribution is 5.76. The maximum absolute atomic E-state index is 11.7. The van der Waals surface area contributed by atoms with Crippen LogP contribution in [0.2, 0.25) is 0 Å². The number of hydrogen-bond donors (Lipinski definition) is 0. The molecular formula is C9H19N3O. The van der Waals surface area contributed by atoms with Gasteiger partial charge >= 0.3 is 6.03 Å². The van der Waals surface area contributed by atoms with Crippen LogP contribution in [-0.2, 0) is 0 Å². The molecule has 0 saturated carbocycles. The van der Waals surface area contributed by atoms with Gasteiger partial charge in [-0.3, -0.25) is 4.90 Å². The maximum atomic E-state index is 11.7. The largest absolute Gasteiger partial charge is 0.321 e. The molecule has 0 spiro atoms. The van der Waals surface area contributed by atoms with Crippen LogP contribution in [0.5, 0.6) is 0 Å². The van der Waals surface area contributed by atoms with Crippen LogP contribution in [0.1, 0.15) is 13.8 Å². The van der Waals surface area contributed by atoms with Gasteiger partial charge in [0.1, 0.15) is 0 Å². The second-order valence-electron chi connectivity index (χ2n) is 4.05. The first kappa shape index (κ1) is 10.3. The van der Waals surface area contributed by atoms with Gasteiger partial charge in [-0.25, -0.2) is 4.79 Å². The molecule has 76 valence electrons. The first-order chi connectivity index (χ1) is 6.02. The summed E-state index contributed by atoms with van der Waals surface area (Å²) in [6, 6.07) is 0.489. The van der Waals surface area contributed by atoms with Crippen molar-refractivity contribution in [2.24, 2.45) is 0 Å². The normalized spacial score (nSPS) is 18.2. The van der Waals surface area contributed by atoms with E-state index in [9.17, 15) is 4.79 Å². The van der Waals surface area contributed by atoms with Crippen molar-refractivity contribution in [1.29, 1.82) is 0 Å². The van der Waals surface area contributed by atoms with Crippen molar-refractivity contribution >= 4 is 6.03 Å². The Morgan fingerprint density at radius 3 is 2.38 bits per heavy atom. The van der Waals surface area contributed by atoms with E-state index in [0.29, 0.717) is 6.04 Å². The van der Waals surface area contributed by atoms with Crippen molar-refractivity contribution in [3.8, 4) is 0 Å². The third-order valence-electron chi connectivity index (χ3n) is 2.20. The summed E-state index contributed by atoms with van der Waals surface area (Å²) < 4.78 is 0. The Morgan fingerprint density at radius 1 is 1.38 bits per heavy atom. The average Bonchev–Trinajstić information content (AvgIpc) is 2.32. The van der Waals surface area contributed by atoms with Crippen LogP contribution < -0.4 is 0 Å². The monoisotopic (exact) mass is 185 g/mol. The number of carbonyl (C=O) groups excluding carboxylic acids is 1. The quantitative estimate of drug-likeness (QED) is 0.645. The Morgan fingerprint density at radius 2 is 2.00 bits per heavy atom. The number of amides is 2. The molecule has 1 aliphatic heterocycles. The minimum absolute atomic E-state index is 0.170. The zero-order valence-corrected chi connectivity index (χ0v) is 8.95. The Bertz CT molecular complexity index is 191. The number of carbonyl (C=O) groups is 1. The molecule has 0 radical (unpaired) electrons. The lowest BCUT2D eigenvalue weighted by atomic mass is 10.3. The molecule has 1 rings (SSSR count). The average molecular weight is 185 g/mol. The van der Waals surface area contributed by atoms with Gasteiger partial charge < -0.3 is 9.80 Å². The molecule has 0 unspecified atom stereocenters. The summed E-state index contributed by atoms with van der Waals surface area (Å²) in [5.41, 5.74) is 0. The van der Waals surface area contributed by atoms with Crippen molar-refractivity contribution in [2.45, 2.75) is 19.9 Å². The highest BCUT2D eigenvalue weighted by atomic mass is 16.2. The standard InChI is InChI=1S/C9H19N3O/c1-8(2)12-6-5-11(9(12)13)7-10(3)4/h8H,5-7H2,1-4H3. The molecule has 1 fully saturated rings. The van der Waals surface area contributed by atoms with E-state index < -0.39 is 0 Å². The lowest BCUT2D eigenvalue weighted by Gasteiger charge is -2.23. The number of rotatable bonds is 3. The molecule has 2 amide bonds. The lowest BCUT2D eigenvalue weighted by Crippen LogP contribution is -2.39. The molecule has 1 saturated heterocycles. The molecule has 0 atom stereocenters. The van der Waals surface area contributed by atoms with Crippen molar-refractivity contribution in [3.05, 3.63) is 0 Å². The van der Waals surface area contributed by atoms with Gasteiger partial charge in [-0.05, 0) is 27.9 Å². The van der Waals surface area contributed by atoms with Gasteiger partial charge in [-0.2, -0.15) is 0 Å².